The molecule has 2 unspecified atom stereocenters. The third-order valence-corrected chi connectivity index (χ3v) is 6.03. The molecule has 1 fully saturated rings. The fourth-order valence-electron chi connectivity index (χ4n) is 4.20. The van der Waals surface area contributed by atoms with Gasteiger partial charge in [-0.25, -0.2) is 27.3 Å². The molecule has 1 saturated heterocycles. The lowest BCUT2D eigenvalue weighted by Crippen LogP contribution is -2.48. The van der Waals surface area contributed by atoms with Crippen molar-refractivity contribution in [3.05, 3.63) is 59.3 Å². The van der Waals surface area contributed by atoms with Crippen molar-refractivity contribution >= 4 is 32.6 Å². The Kier molecular flexibility index (Phi) is 14.4. The highest BCUT2D eigenvalue weighted by molar-refractivity contribution is 7.16. The van der Waals surface area contributed by atoms with Crippen molar-refractivity contribution in [2.75, 3.05) is 20.1 Å². The molecular weight excluding hydrogens is 545 g/mol. The number of halogens is 4. The largest absolute Gasteiger partial charge is 0.478 e. The van der Waals surface area contributed by atoms with E-state index in [9.17, 15) is 27.5 Å². The van der Waals surface area contributed by atoms with Crippen LogP contribution in [0.15, 0.2) is 47.6 Å². The number of alkyl halides is 4. The van der Waals surface area contributed by atoms with Crippen molar-refractivity contribution in [1.82, 2.24) is 20.4 Å². The first-order chi connectivity index (χ1) is 18.9. The second-order valence-corrected chi connectivity index (χ2v) is 9.19. The van der Waals surface area contributed by atoms with Crippen LogP contribution in [0.5, 0.6) is 0 Å². The first-order valence-electron chi connectivity index (χ1n) is 13.3. The molecular formula is C28H42F4N5O2P. The SMILES string of the molecule is C=C1c2cc(C)cc(CNC3NC=CC=C3C(=O)O)c2N=C(N2CCC(F)(F)CC2)N1C.CC.CC.FC(F)P. The number of guanidine groups is 1. The van der Waals surface area contributed by atoms with E-state index in [4.69, 9.17) is 4.99 Å². The highest BCUT2D eigenvalue weighted by Gasteiger charge is 2.37. The summed E-state index contributed by atoms with van der Waals surface area (Å²) >= 11 is 0. The number of aryl methyl sites for hydroxylation is 1. The summed E-state index contributed by atoms with van der Waals surface area (Å²) in [5.74, 6) is -3.03. The Morgan fingerprint density at radius 1 is 1.25 bits per heavy atom. The first kappa shape index (κ1) is 35.1. The molecule has 3 N–H and O–H groups in total. The van der Waals surface area contributed by atoms with Crippen LogP contribution in [0.25, 0.3) is 5.70 Å². The Balaban J connectivity index is 0.000000902. The average molecular weight is 588 g/mol. The van der Waals surface area contributed by atoms with Crippen LogP contribution < -0.4 is 10.6 Å². The molecule has 224 valence electrons. The Labute approximate surface area is 237 Å². The summed E-state index contributed by atoms with van der Waals surface area (Å²) in [4.78, 5) is 20.1. The number of nitrogens with one attached hydrogen (secondary N) is 2. The predicted molar refractivity (Wildman–Crippen MR) is 158 cm³/mol. The minimum absolute atomic E-state index is 0.202. The van der Waals surface area contributed by atoms with Crippen LogP contribution in [0, 0.1) is 6.92 Å². The molecule has 40 heavy (non-hydrogen) atoms. The normalized spacial score (nSPS) is 18.9. The number of piperidine rings is 1. The summed E-state index contributed by atoms with van der Waals surface area (Å²) in [6, 6.07) is 4.01. The lowest BCUT2D eigenvalue weighted by Gasteiger charge is -2.40. The van der Waals surface area contributed by atoms with E-state index in [1.807, 2.05) is 63.6 Å². The zero-order valence-electron chi connectivity index (χ0n) is 24.1. The highest BCUT2D eigenvalue weighted by atomic mass is 31.0. The third kappa shape index (κ3) is 9.63. The summed E-state index contributed by atoms with van der Waals surface area (Å²) in [7, 11) is 3.17. The van der Waals surface area contributed by atoms with Gasteiger partial charge in [-0.15, -0.1) is 0 Å². The van der Waals surface area contributed by atoms with E-state index in [0.717, 1.165) is 28.1 Å². The zero-order chi connectivity index (χ0) is 30.6. The van der Waals surface area contributed by atoms with Gasteiger partial charge in [-0.05, 0) is 42.5 Å². The number of likely N-dealkylation sites (tertiary alicyclic amines) is 1. The topological polar surface area (TPSA) is 80.2 Å². The lowest BCUT2D eigenvalue weighted by molar-refractivity contribution is -0.133. The Morgan fingerprint density at radius 2 is 1.82 bits per heavy atom. The molecule has 0 aliphatic carbocycles. The van der Waals surface area contributed by atoms with Crippen LogP contribution in [0.3, 0.4) is 0 Å². The number of benzene rings is 1. The van der Waals surface area contributed by atoms with Crippen molar-refractivity contribution in [2.24, 2.45) is 4.99 Å². The van der Waals surface area contributed by atoms with Gasteiger partial charge in [0, 0.05) is 50.8 Å². The Bertz CT molecular complexity index is 1100. The van der Waals surface area contributed by atoms with Gasteiger partial charge in [0.1, 0.15) is 6.17 Å². The Morgan fingerprint density at radius 3 is 2.38 bits per heavy atom. The van der Waals surface area contributed by atoms with Crippen LogP contribution in [0.4, 0.5) is 23.2 Å². The van der Waals surface area contributed by atoms with Crippen LogP contribution in [-0.4, -0.2) is 65.2 Å². The molecule has 1 aromatic rings. The zero-order valence-corrected chi connectivity index (χ0v) is 25.2. The molecule has 0 saturated carbocycles. The van der Waals surface area contributed by atoms with Gasteiger partial charge in [0.15, 0.2) is 0 Å². The number of carbonyl (C=O) groups is 1. The molecule has 3 aliphatic rings. The summed E-state index contributed by atoms with van der Waals surface area (Å²) < 4.78 is 47.9. The van der Waals surface area contributed by atoms with Gasteiger partial charge in [-0.1, -0.05) is 49.6 Å². The minimum atomic E-state index is -2.64. The predicted octanol–water partition coefficient (Wildman–Crippen LogP) is 6.31. The quantitative estimate of drug-likeness (QED) is 0.283. The van der Waals surface area contributed by atoms with E-state index in [1.54, 1.807) is 18.4 Å². The summed E-state index contributed by atoms with van der Waals surface area (Å²) in [5, 5.41) is 15.7. The number of aliphatic imine (C=N–C) groups is 1. The number of rotatable bonds is 4. The van der Waals surface area contributed by atoms with E-state index in [1.165, 1.54) is 9.24 Å². The van der Waals surface area contributed by atoms with E-state index in [2.05, 4.69) is 17.2 Å². The minimum Gasteiger partial charge on any atom is -0.478 e. The molecule has 0 amide bonds. The van der Waals surface area contributed by atoms with Gasteiger partial charge in [0.2, 0.25) is 12.1 Å². The van der Waals surface area contributed by atoms with Crippen molar-refractivity contribution in [1.29, 1.82) is 0 Å². The second kappa shape index (κ2) is 16.4. The lowest BCUT2D eigenvalue weighted by atomic mass is 9.99. The van der Waals surface area contributed by atoms with Gasteiger partial charge in [-0.2, -0.15) is 0 Å². The number of dihydropyridines is 1. The number of hydrogen-bond donors (Lipinski definition) is 3. The number of hydrogen-bond acceptors (Lipinski definition) is 6. The maximum atomic E-state index is 13.7. The molecule has 12 heteroatoms. The molecule has 4 rings (SSSR count). The maximum absolute atomic E-state index is 13.7. The average Bonchev–Trinajstić information content (AvgIpc) is 2.92. The molecule has 3 aliphatic heterocycles. The van der Waals surface area contributed by atoms with Crippen LogP contribution in [0.1, 0.15) is 57.2 Å². The summed E-state index contributed by atoms with van der Waals surface area (Å²) in [5.41, 5.74) is 4.48. The number of aliphatic carboxylic acids is 1. The van der Waals surface area contributed by atoms with Crippen molar-refractivity contribution < 1.29 is 27.5 Å². The molecule has 3 heterocycles. The molecule has 0 radical (unpaired) electrons. The molecule has 1 aromatic carbocycles. The fraction of sp³-hybridized carbons (Fsp3) is 0.500. The number of allylic oxidation sites excluding steroid dienone is 2. The van der Waals surface area contributed by atoms with Gasteiger partial charge < -0.3 is 20.2 Å². The van der Waals surface area contributed by atoms with E-state index in [0.29, 0.717) is 12.5 Å². The van der Waals surface area contributed by atoms with E-state index in [-0.39, 0.29) is 31.5 Å². The summed E-state index contributed by atoms with van der Waals surface area (Å²) in [6.07, 6.45) is 1.70. The molecule has 2 atom stereocenters. The van der Waals surface area contributed by atoms with Crippen LogP contribution in [0.2, 0.25) is 0 Å². The third-order valence-electron chi connectivity index (χ3n) is 6.03. The Hall–Kier alpha value is -2.91. The van der Waals surface area contributed by atoms with E-state index >= 15 is 0 Å². The molecule has 0 aromatic heterocycles. The van der Waals surface area contributed by atoms with E-state index < -0.39 is 24.2 Å². The molecule has 7 nitrogen and oxygen atoms in total. The van der Waals surface area contributed by atoms with Gasteiger partial charge >= 0.3 is 5.97 Å². The van der Waals surface area contributed by atoms with Gasteiger partial charge in [0.25, 0.3) is 5.92 Å². The van der Waals surface area contributed by atoms with Crippen LogP contribution in [-0.2, 0) is 11.3 Å². The van der Waals surface area contributed by atoms with Crippen LogP contribution >= 0.6 is 9.24 Å². The smallest absolute Gasteiger partial charge is 0.335 e. The first-order valence-corrected chi connectivity index (χ1v) is 14.0. The molecule has 0 spiro atoms. The summed E-state index contributed by atoms with van der Waals surface area (Å²) in [6.45, 7) is 15.0. The molecule has 0 bridgehead atoms. The second-order valence-electron chi connectivity index (χ2n) is 8.68. The fourth-order valence-corrected chi connectivity index (χ4v) is 4.20. The van der Waals surface area contributed by atoms with Crippen molar-refractivity contribution in [2.45, 2.75) is 72.3 Å². The van der Waals surface area contributed by atoms with Gasteiger partial charge in [0.05, 0.1) is 11.3 Å². The number of nitrogens with zero attached hydrogens (tertiary/aromatic N) is 3. The van der Waals surface area contributed by atoms with Crippen molar-refractivity contribution in [3.63, 3.8) is 0 Å². The standard InChI is InChI=1S/C23H27F2N5O2.2C2H6.CH3F2P/c1-14-11-16(13-27-20-17(21(31)32)5-4-8-26-20)19-18(12-14)15(2)29(3)22(28-19)30-9-6-23(24,25)7-10-30;2*1-2;2-1(3)4/h4-5,8,11-12,20,26-27H,2,6-7,9-10,13H2,1,3H3,(H,31,32);2*1-2H3;1H,4H2. The highest BCUT2D eigenvalue weighted by Crippen LogP contribution is 2.38. The number of carboxylic acids is 1. The number of carboxylic acid groups (broad SMARTS) is 1. The maximum Gasteiger partial charge on any atom is 0.335 e. The van der Waals surface area contributed by atoms with Crippen molar-refractivity contribution in [3.8, 4) is 0 Å². The number of fused-ring (bicyclic) bond motifs is 1. The van der Waals surface area contributed by atoms with Gasteiger partial charge in [-0.3, -0.25) is 5.32 Å². The monoisotopic (exact) mass is 587 g/mol.